The Hall–Kier alpha value is -2.59. The number of anilines is 2. The van der Waals surface area contributed by atoms with E-state index in [1.54, 1.807) is 24.3 Å². The fraction of sp³-hybridized carbons (Fsp3) is 0.0714. The van der Waals surface area contributed by atoms with Gasteiger partial charge in [0.2, 0.25) is 0 Å². The number of rotatable bonds is 3. The second-order valence-corrected chi connectivity index (χ2v) is 6.23. The Morgan fingerprint density at radius 3 is 2.52 bits per heavy atom. The van der Waals surface area contributed by atoms with E-state index in [9.17, 15) is 12.8 Å². The van der Waals surface area contributed by atoms with E-state index in [1.807, 2.05) is 0 Å². The predicted molar refractivity (Wildman–Crippen MR) is 77.6 cm³/mol. The molecule has 21 heavy (non-hydrogen) atoms. The minimum atomic E-state index is -4.06. The summed E-state index contributed by atoms with van der Waals surface area (Å²) in [6, 6.07) is 11.3. The van der Waals surface area contributed by atoms with Crippen molar-refractivity contribution in [1.29, 1.82) is 5.26 Å². The van der Waals surface area contributed by atoms with Crippen LogP contribution in [0.2, 0.25) is 0 Å². The van der Waals surface area contributed by atoms with Crippen LogP contribution in [0.5, 0.6) is 0 Å². The lowest BCUT2D eigenvalue weighted by molar-refractivity contribution is 0.588. The largest absolute Gasteiger partial charge is 0.399 e. The van der Waals surface area contributed by atoms with E-state index in [0.717, 1.165) is 10.4 Å². The molecule has 2 aromatic carbocycles. The topological polar surface area (TPSA) is 87.2 Å². The molecule has 5 nitrogen and oxygen atoms in total. The molecular weight excluding hydrogens is 293 g/mol. The fourth-order valence-corrected chi connectivity index (χ4v) is 3.17. The molecule has 2 N–H and O–H groups in total. The standard InChI is InChI=1S/C14H12FN3O2S/c1-18(11-5-2-4-10(17)8-11)21(19,20)14-7-3-6-13(15)12(14)9-16/h2-8H,17H2,1H3. The lowest BCUT2D eigenvalue weighted by atomic mass is 10.2. The van der Waals surface area contributed by atoms with Crippen molar-refractivity contribution in [3.05, 3.63) is 53.8 Å². The van der Waals surface area contributed by atoms with Crippen molar-refractivity contribution >= 4 is 21.4 Å². The minimum absolute atomic E-state index is 0.322. The third-order valence-corrected chi connectivity index (χ3v) is 4.79. The summed E-state index contributed by atoms with van der Waals surface area (Å²) in [5.74, 6) is -0.875. The average Bonchev–Trinajstić information content (AvgIpc) is 2.46. The lowest BCUT2D eigenvalue weighted by Gasteiger charge is -2.20. The van der Waals surface area contributed by atoms with E-state index in [2.05, 4.69) is 0 Å². The first kappa shape index (κ1) is 14.8. The van der Waals surface area contributed by atoms with Gasteiger partial charge >= 0.3 is 0 Å². The van der Waals surface area contributed by atoms with Crippen LogP contribution in [0.25, 0.3) is 0 Å². The van der Waals surface area contributed by atoms with Crippen molar-refractivity contribution in [3.63, 3.8) is 0 Å². The zero-order valence-electron chi connectivity index (χ0n) is 11.1. The van der Waals surface area contributed by atoms with Crippen LogP contribution in [0.15, 0.2) is 47.4 Å². The van der Waals surface area contributed by atoms with E-state index < -0.39 is 21.4 Å². The van der Waals surface area contributed by atoms with E-state index in [4.69, 9.17) is 11.0 Å². The molecule has 0 unspecified atom stereocenters. The summed E-state index contributed by atoms with van der Waals surface area (Å²) in [6.07, 6.45) is 0. The summed E-state index contributed by atoms with van der Waals surface area (Å²) in [5, 5.41) is 8.97. The molecule has 0 aliphatic rings. The summed E-state index contributed by atoms with van der Waals surface area (Å²) in [4.78, 5) is -0.380. The molecule has 2 aromatic rings. The van der Waals surface area contributed by atoms with Gasteiger partial charge in [0, 0.05) is 12.7 Å². The SMILES string of the molecule is CN(c1cccc(N)c1)S(=O)(=O)c1cccc(F)c1C#N. The molecule has 0 saturated heterocycles. The number of sulfonamides is 1. The number of nitrogen functional groups attached to an aromatic ring is 1. The Labute approximate surface area is 122 Å². The summed E-state index contributed by atoms with van der Waals surface area (Å²) in [7, 11) is -2.74. The summed E-state index contributed by atoms with van der Waals surface area (Å²) in [5.41, 5.74) is 5.84. The highest BCUT2D eigenvalue weighted by molar-refractivity contribution is 7.92. The van der Waals surface area contributed by atoms with Gasteiger partial charge in [-0.25, -0.2) is 12.8 Å². The molecule has 0 saturated carbocycles. The van der Waals surface area contributed by atoms with Gasteiger partial charge in [-0.05, 0) is 30.3 Å². The molecule has 0 heterocycles. The molecule has 0 aromatic heterocycles. The van der Waals surface area contributed by atoms with Crippen LogP contribution in [-0.2, 0) is 10.0 Å². The van der Waals surface area contributed by atoms with E-state index in [0.29, 0.717) is 11.4 Å². The van der Waals surface area contributed by atoms with Gasteiger partial charge in [-0.3, -0.25) is 4.31 Å². The van der Waals surface area contributed by atoms with E-state index in [1.165, 1.54) is 25.2 Å². The Bertz CT molecular complexity index is 828. The van der Waals surface area contributed by atoms with E-state index >= 15 is 0 Å². The van der Waals surface area contributed by atoms with Gasteiger partial charge in [0.05, 0.1) is 5.69 Å². The predicted octanol–water partition coefficient (Wildman–Crippen LogP) is 2.10. The number of benzene rings is 2. The maximum Gasteiger partial charge on any atom is 0.265 e. The number of nitrogens with two attached hydrogens (primary N) is 1. The molecule has 0 aliphatic heterocycles. The molecular formula is C14H12FN3O2S. The highest BCUT2D eigenvalue weighted by atomic mass is 32.2. The van der Waals surface area contributed by atoms with Crippen molar-refractivity contribution in [3.8, 4) is 6.07 Å². The normalized spacial score (nSPS) is 10.9. The molecule has 7 heteroatoms. The van der Waals surface area contributed by atoms with Crippen LogP contribution >= 0.6 is 0 Å². The smallest absolute Gasteiger partial charge is 0.265 e. The number of halogens is 1. The van der Waals surface area contributed by atoms with Gasteiger partial charge in [-0.15, -0.1) is 0 Å². The number of hydrogen-bond acceptors (Lipinski definition) is 4. The molecule has 0 atom stereocenters. The first-order valence-corrected chi connectivity index (χ1v) is 7.35. The second-order valence-electron chi connectivity index (χ2n) is 4.29. The number of hydrogen-bond donors (Lipinski definition) is 1. The van der Waals surface area contributed by atoms with Crippen molar-refractivity contribution in [2.75, 3.05) is 17.1 Å². The highest BCUT2D eigenvalue weighted by Gasteiger charge is 2.26. The Morgan fingerprint density at radius 1 is 1.24 bits per heavy atom. The van der Waals surface area contributed by atoms with Crippen molar-refractivity contribution in [2.24, 2.45) is 0 Å². The Kier molecular flexibility index (Phi) is 3.82. The average molecular weight is 305 g/mol. The number of nitrogens with zero attached hydrogens (tertiary/aromatic N) is 2. The molecule has 0 aliphatic carbocycles. The van der Waals surface area contributed by atoms with Crippen molar-refractivity contribution in [2.45, 2.75) is 4.90 Å². The molecule has 0 bridgehead atoms. The Morgan fingerprint density at radius 2 is 1.90 bits per heavy atom. The second kappa shape index (κ2) is 5.42. The lowest BCUT2D eigenvalue weighted by Crippen LogP contribution is -2.27. The fourth-order valence-electron chi connectivity index (χ4n) is 1.83. The monoisotopic (exact) mass is 305 g/mol. The van der Waals surface area contributed by atoms with Crippen LogP contribution in [0.4, 0.5) is 15.8 Å². The van der Waals surface area contributed by atoms with Gasteiger partial charge in [-0.1, -0.05) is 12.1 Å². The van der Waals surface area contributed by atoms with Crippen LogP contribution in [-0.4, -0.2) is 15.5 Å². The van der Waals surface area contributed by atoms with Crippen LogP contribution in [0.1, 0.15) is 5.56 Å². The Balaban J connectivity index is 2.58. The quantitative estimate of drug-likeness (QED) is 0.880. The minimum Gasteiger partial charge on any atom is -0.399 e. The molecule has 0 fully saturated rings. The van der Waals surface area contributed by atoms with Gasteiger partial charge in [0.15, 0.2) is 0 Å². The van der Waals surface area contributed by atoms with Crippen LogP contribution in [0.3, 0.4) is 0 Å². The maximum absolute atomic E-state index is 13.6. The molecule has 108 valence electrons. The first-order valence-electron chi connectivity index (χ1n) is 5.91. The van der Waals surface area contributed by atoms with Crippen molar-refractivity contribution in [1.82, 2.24) is 0 Å². The van der Waals surface area contributed by atoms with Gasteiger partial charge in [0.1, 0.15) is 22.3 Å². The third kappa shape index (κ3) is 2.66. The molecule has 0 spiro atoms. The zero-order chi connectivity index (χ0) is 15.6. The highest BCUT2D eigenvalue weighted by Crippen LogP contribution is 2.26. The van der Waals surface area contributed by atoms with Crippen LogP contribution < -0.4 is 10.0 Å². The van der Waals surface area contributed by atoms with Gasteiger partial charge in [-0.2, -0.15) is 5.26 Å². The third-order valence-electron chi connectivity index (χ3n) is 2.96. The molecule has 2 rings (SSSR count). The molecule has 0 radical (unpaired) electrons. The van der Waals surface area contributed by atoms with Crippen LogP contribution in [0, 0.1) is 17.1 Å². The first-order chi connectivity index (χ1) is 9.87. The van der Waals surface area contributed by atoms with Gasteiger partial charge in [0.25, 0.3) is 10.0 Å². The van der Waals surface area contributed by atoms with Crippen molar-refractivity contribution < 1.29 is 12.8 Å². The molecule has 0 amide bonds. The summed E-state index contributed by atoms with van der Waals surface area (Å²) >= 11 is 0. The number of nitriles is 1. The van der Waals surface area contributed by atoms with E-state index in [-0.39, 0.29) is 4.90 Å². The zero-order valence-corrected chi connectivity index (χ0v) is 11.9. The van der Waals surface area contributed by atoms with Gasteiger partial charge < -0.3 is 5.73 Å². The summed E-state index contributed by atoms with van der Waals surface area (Å²) in [6.45, 7) is 0. The summed E-state index contributed by atoms with van der Waals surface area (Å²) < 4.78 is 39.6. The maximum atomic E-state index is 13.6.